The molecular weight excluding hydrogens is 400 g/mol. The molecule has 0 saturated carbocycles. The molecule has 0 amide bonds. The minimum Gasteiger partial charge on any atom is -0.369 e. The summed E-state index contributed by atoms with van der Waals surface area (Å²) in [5.74, 6) is 3.04. The van der Waals surface area contributed by atoms with Crippen molar-refractivity contribution in [2.45, 2.75) is 33.2 Å². The molecule has 0 bridgehead atoms. The first-order valence-electron chi connectivity index (χ1n) is 11.7. The lowest BCUT2D eigenvalue weighted by Crippen LogP contribution is -2.46. The van der Waals surface area contributed by atoms with E-state index in [1.807, 2.05) is 6.20 Å². The summed E-state index contributed by atoms with van der Waals surface area (Å²) in [7, 11) is 0. The zero-order valence-electron chi connectivity index (χ0n) is 19.1. The second kappa shape index (κ2) is 9.28. The van der Waals surface area contributed by atoms with Gasteiger partial charge < -0.3 is 14.3 Å². The number of aromatic nitrogens is 3. The summed E-state index contributed by atoms with van der Waals surface area (Å²) in [4.78, 5) is 16.5. The Balaban J connectivity index is 1.17. The van der Waals surface area contributed by atoms with E-state index in [0.717, 1.165) is 56.6 Å². The molecule has 5 rings (SSSR count). The number of benzene rings is 1. The second-order valence-corrected chi connectivity index (χ2v) is 9.16. The number of piperazine rings is 1. The van der Waals surface area contributed by atoms with Gasteiger partial charge in [0.2, 0.25) is 11.7 Å². The lowest BCUT2D eigenvalue weighted by Gasteiger charge is -2.36. The largest absolute Gasteiger partial charge is 0.369 e. The maximum Gasteiger partial charge on any atom is 0.241 e. The van der Waals surface area contributed by atoms with E-state index in [4.69, 9.17) is 4.52 Å². The van der Waals surface area contributed by atoms with Gasteiger partial charge in [-0.15, -0.1) is 0 Å². The summed E-state index contributed by atoms with van der Waals surface area (Å²) in [6.45, 7) is 11.3. The van der Waals surface area contributed by atoms with Crippen molar-refractivity contribution in [3.05, 3.63) is 54.0 Å². The van der Waals surface area contributed by atoms with Crippen LogP contribution in [0.4, 0.5) is 11.5 Å². The van der Waals surface area contributed by atoms with Crippen molar-refractivity contribution in [2.24, 2.45) is 5.92 Å². The predicted octanol–water partition coefficient (Wildman–Crippen LogP) is 4.00. The minimum atomic E-state index is 0.615. The maximum atomic E-state index is 5.56. The summed E-state index contributed by atoms with van der Waals surface area (Å²) >= 11 is 0. The number of aryl methyl sites for hydroxylation is 1. The summed E-state index contributed by atoms with van der Waals surface area (Å²) in [6.07, 6.45) is 4.41. The van der Waals surface area contributed by atoms with Crippen LogP contribution in [0.5, 0.6) is 0 Å². The van der Waals surface area contributed by atoms with E-state index in [9.17, 15) is 0 Å². The molecule has 4 heterocycles. The lowest BCUT2D eigenvalue weighted by molar-refractivity contribution is 0.215. The molecule has 0 N–H and O–H groups in total. The smallest absolute Gasteiger partial charge is 0.241 e. The Hall–Kier alpha value is -2.93. The molecule has 0 aliphatic carbocycles. The van der Waals surface area contributed by atoms with Crippen molar-refractivity contribution in [3.8, 4) is 11.4 Å². The summed E-state index contributed by atoms with van der Waals surface area (Å²) in [5.41, 5.74) is 3.57. The van der Waals surface area contributed by atoms with Crippen LogP contribution in [0, 0.1) is 12.8 Å². The third-order valence-electron chi connectivity index (χ3n) is 6.64. The Bertz CT molecular complexity index is 1020. The fraction of sp³-hybridized carbons (Fsp3) is 0.480. The molecule has 2 aliphatic rings. The highest BCUT2D eigenvalue weighted by atomic mass is 16.5. The van der Waals surface area contributed by atoms with E-state index in [1.54, 1.807) is 0 Å². The molecule has 2 saturated heterocycles. The first-order chi connectivity index (χ1) is 15.7. The minimum absolute atomic E-state index is 0.615. The Morgan fingerprint density at radius 1 is 1.00 bits per heavy atom. The number of nitrogens with zero attached hydrogens (tertiary/aromatic N) is 6. The number of hydrogen-bond donors (Lipinski definition) is 0. The molecule has 0 radical (unpaired) electrons. The fourth-order valence-electron chi connectivity index (χ4n) is 4.80. The Morgan fingerprint density at radius 2 is 1.84 bits per heavy atom. The van der Waals surface area contributed by atoms with Gasteiger partial charge in [0, 0.05) is 56.7 Å². The van der Waals surface area contributed by atoms with Crippen LogP contribution in [0.3, 0.4) is 0 Å². The van der Waals surface area contributed by atoms with Gasteiger partial charge in [-0.3, -0.25) is 4.90 Å². The van der Waals surface area contributed by atoms with Crippen LogP contribution >= 0.6 is 0 Å². The summed E-state index contributed by atoms with van der Waals surface area (Å²) in [6, 6.07) is 12.7. The zero-order valence-corrected chi connectivity index (χ0v) is 19.1. The zero-order chi connectivity index (χ0) is 21.9. The molecule has 2 aromatic heterocycles. The molecule has 7 heteroatoms. The van der Waals surface area contributed by atoms with E-state index in [-0.39, 0.29) is 0 Å². The molecule has 1 aromatic carbocycles. The van der Waals surface area contributed by atoms with Gasteiger partial charge in [0.25, 0.3) is 0 Å². The number of para-hydroxylation sites is 1. The summed E-state index contributed by atoms with van der Waals surface area (Å²) in [5, 5.41) is 4.20. The van der Waals surface area contributed by atoms with E-state index in [1.165, 1.54) is 24.1 Å². The quantitative estimate of drug-likeness (QED) is 0.604. The third-order valence-corrected chi connectivity index (χ3v) is 6.64. The Kier molecular flexibility index (Phi) is 6.08. The van der Waals surface area contributed by atoms with Crippen molar-refractivity contribution in [3.63, 3.8) is 0 Å². The Morgan fingerprint density at radius 3 is 2.59 bits per heavy atom. The molecule has 0 unspecified atom stereocenters. The van der Waals surface area contributed by atoms with Gasteiger partial charge in [0.1, 0.15) is 5.82 Å². The molecule has 2 fully saturated rings. The van der Waals surface area contributed by atoms with Gasteiger partial charge in [0.15, 0.2) is 0 Å². The topological polar surface area (TPSA) is 61.5 Å². The number of rotatable bonds is 5. The van der Waals surface area contributed by atoms with Gasteiger partial charge >= 0.3 is 0 Å². The van der Waals surface area contributed by atoms with Gasteiger partial charge in [-0.2, -0.15) is 4.98 Å². The fourth-order valence-corrected chi connectivity index (χ4v) is 4.80. The molecule has 3 aromatic rings. The van der Waals surface area contributed by atoms with Gasteiger partial charge in [-0.25, -0.2) is 4.98 Å². The van der Waals surface area contributed by atoms with Crippen LogP contribution in [0.25, 0.3) is 11.4 Å². The average Bonchev–Trinajstić information content (AvgIpc) is 3.29. The second-order valence-electron chi connectivity index (χ2n) is 9.16. The molecule has 32 heavy (non-hydrogen) atoms. The highest BCUT2D eigenvalue weighted by Crippen LogP contribution is 2.24. The SMILES string of the molecule is Cc1ccccc1N1CCN(Cc2nc(-c3ccc(N4CCC[C@H](C)C4)nc3)no2)CC1. The van der Waals surface area contributed by atoms with Crippen LogP contribution in [-0.4, -0.2) is 59.3 Å². The number of piperidine rings is 1. The number of anilines is 2. The molecule has 7 nitrogen and oxygen atoms in total. The van der Waals surface area contributed by atoms with Crippen LogP contribution in [0.15, 0.2) is 47.1 Å². The van der Waals surface area contributed by atoms with Gasteiger partial charge in [0.05, 0.1) is 6.54 Å². The van der Waals surface area contributed by atoms with Crippen molar-refractivity contribution in [1.82, 2.24) is 20.0 Å². The molecular formula is C25H32N6O. The van der Waals surface area contributed by atoms with Crippen LogP contribution in [0.2, 0.25) is 0 Å². The van der Waals surface area contributed by atoms with E-state index in [0.29, 0.717) is 18.3 Å². The van der Waals surface area contributed by atoms with E-state index < -0.39 is 0 Å². The van der Waals surface area contributed by atoms with E-state index >= 15 is 0 Å². The van der Waals surface area contributed by atoms with Crippen molar-refractivity contribution < 1.29 is 4.52 Å². The molecule has 0 spiro atoms. The van der Waals surface area contributed by atoms with E-state index in [2.05, 4.69) is 80.1 Å². The first-order valence-corrected chi connectivity index (χ1v) is 11.7. The van der Waals surface area contributed by atoms with Crippen molar-refractivity contribution in [2.75, 3.05) is 49.1 Å². The number of hydrogen-bond acceptors (Lipinski definition) is 7. The van der Waals surface area contributed by atoms with Crippen LogP contribution in [-0.2, 0) is 6.54 Å². The highest BCUT2D eigenvalue weighted by molar-refractivity contribution is 5.56. The monoisotopic (exact) mass is 432 g/mol. The normalized spacial score (nSPS) is 20.0. The third kappa shape index (κ3) is 4.63. The van der Waals surface area contributed by atoms with Gasteiger partial charge in [-0.05, 0) is 49.4 Å². The highest BCUT2D eigenvalue weighted by Gasteiger charge is 2.21. The van der Waals surface area contributed by atoms with Crippen LogP contribution in [0.1, 0.15) is 31.2 Å². The first kappa shape index (κ1) is 20.9. The summed E-state index contributed by atoms with van der Waals surface area (Å²) < 4.78 is 5.56. The maximum absolute atomic E-state index is 5.56. The molecule has 1 atom stereocenters. The molecule has 168 valence electrons. The van der Waals surface area contributed by atoms with Crippen molar-refractivity contribution in [1.29, 1.82) is 0 Å². The number of pyridine rings is 1. The van der Waals surface area contributed by atoms with Crippen molar-refractivity contribution >= 4 is 11.5 Å². The van der Waals surface area contributed by atoms with Crippen LogP contribution < -0.4 is 9.80 Å². The molecule has 2 aliphatic heterocycles. The Labute approximate surface area is 190 Å². The average molecular weight is 433 g/mol. The standard InChI is InChI=1S/C25H32N6O/c1-19-6-5-11-31(17-19)23-10-9-21(16-26-23)25-27-24(32-28-25)18-29-12-14-30(15-13-29)22-8-4-3-7-20(22)2/h3-4,7-10,16,19H,5-6,11-15,17-18H2,1-2H3/t19-/m0/s1. The van der Waals surface area contributed by atoms with Gasteiger partial charge in [-0.1, -0.05) is 30.3 Å². The lowest BCUT2D eigenvalue weighted by atomic mass is 10.0. The predicted molar refractivity (Wildman–Crippen MR) is 127 cm³/mol.